The lowest BCUT2D eigenvalue weighted by Gasteiger charge is -2.24. The molecule has 28 heavy (non-hydrogen) atoms. The first-order chi connectivity index (χ1) is 13.7. The van der Waals surface area contributed by atoms with Crippen LogP contribution in [-0.4, -0.2) is 0 Å². The minimum atomic E-state index is 0.210. The average molecular weight is 360 g/mol. The van der Waals surface area contributed by atoms with Crippen LogP contribution in [0, 0.1) is 0 Å². The molecule has 2 heteroatoms. The summed E-state index contributed by atoms with van der Waals surface area (Å²) in [6.07, 6.45) is 0. The first-order valence-electron chi connectivity index (χ1n) is 9.70. The standard InChI is InChI=1S/C26H20N2/c27-15-9-11-19-20-12-10-16(28)14-24(20)26(23(19)13-15)25-21-7-3-1-5-17(21)18-6-2-4-8-22(18)25/h1-14,25-26H,27-28H2. The summed E-state index contributed by atoms with van der Waals surface area (Å²) in [7, 11) is 0. The van der Waals surface area contributed by atoms with Gasteiger partial charge < -0.3 is 11.5 Å². The summed E-state index contributed by atoms with van der Waals surface area (Å²) >= 11 is 0. The van der Waals surface area contributed by atoms with Gasteiger partial charge >= 0.3 is 0 Å². The predicted molar refractivity (Wildman–Crippen MR) is 116 cm³/mol. The van der Waals surface area contributed by atoms with E-state index in [2.05, 4.69) is 72.8 Å². The molecule has 134 valence electrons. The molecule has 0 aromatic heterocycles. The number of rotatable bonds is 1. The number of benzene rings is 4. The fourth-order valence-electron chi connectivity index (χ4n) is 5.25. The topological polar surface area (TPSA) is 52.0 Å². The molecule has 0 saturated heterocycles. The van der Waals surface area contributed by atoms with Crippen molar-refractivity contribution in [2.24, 2.45) is 0 Å². The van der Waals surface area contributed by atoms with Crippen molar-refractivity contribution in [3.63, 3.8) is 0 Å². The fourth-order valence-corrected chi connectivity index (χ4v) is 5.25. The highest BCUT2D eigenvalue weighted by atomic mass is 14.6. The summed E-state index contributed by atoms with van der Waals surface area (Å²) in [6.45, 7) is 0. The molecule has 0 aliphatic heterocycles. The Bertz CT molecular complexity index is 1160. The molecule has 4 N–H and O–H groups in total. The van der Waals surface area contributed by atoms with Crippen LogP contribution in [0.25, 0.3) is 22.3 Å². The molecule has 0 atom stereocenters. The largest absolute Gasteiger partial charge is 0.399 e. The molecular weight excluding hydrogens is 340 g/mol. The molecule has 0 fully saturated rings. The average Bonchev–Trinajstić information content (AvgIpc) is 3.19. The first kappa shape index (κ1) is 15.5. The smallest absolute Gasteiger partial charge is 0.0317 e. The van der Waals surface area contributed by atoms with E-state index in [0.717, 1.165) is 11.4 Å². The Morgan fingerprint density at radius 1 is 0.429 bits per heavy atom. The molecule has 2 aliphatic carbocycles. The minimum absolute atomic E-state index is 0.210. The van der Waals surface area contributed by atoms with Crippen molar-refractivity contribution in [3.8, 4) is 22.3 Å². The van der Waals surface area contributed by atoms with Gasteiger partial charge in [-0.3, -0.25) is 0 Å². The number of hydrogen-bond donors (Lipinski definition) is 2. The summed E-state index contributed by atoms with van der Waals surface area (Å²) in [6, 6.07) is 30.2. The second kappa shape index (κ2) is 5.49. The highest BCUT2D eigenvalue weighted by Crippen LogP contribution is 2.58. The van der Waals surface area contributed by atoms with Gasteiger partial charge in [-0.05, 0) is 68.8 Å². The van der Waals surface area contributed by atoms with Crippen molar-refractivity contribution >= 4 is 11.4 Å². The van der Waals surface area contributed by atoms with Crippen molar-refractivity contribution < 1.29 is 0 Å². The van der Waals surface area contributed by atoms with Crippen molar-refractivity contribution in [1.29, 1.82) is 0 Å². The Morgan fingerprint density at radius 2 is 0.821 bits per heavy atom. The van der Waals surface area contributed by atoms with E-state index in [4.69, 9.17) is 11.5 Å². The molecule has 0 radical (unpaired) electrons. The Hall–Kier alpha value is -3.52. The Morgan fingerprint density at radius 3 is 1.32 bits per heavy atom. The number of nitrogen functional groups attached to an aromatic ring is 2. The van der Waals surface area contributed by atoms with E-state index in [0.29, 0.717) is 0 Å². The Labute approximate surface area is 164 Å². The molecule has 0 heterocycles. The van der Waals surface area contributed by atoms with Crippen LogP contribution in [0.4, 0.5) is 11.4 Å². The van der Waals surface area contributed by atoms with Gasteiger partial charge in [-0.1, -0.05) is 60.7 Å². The molecule has 0 spiro atoms. The molecule has 2 aliphatic rings. The number of nitrogens with two attached hydrogens (primary N) is 2. The van der Waals surface area contributed by atoms with Gasteiger partial charge in [-0.25, -0.2) is 0 Å². The van der Waals surface area contributed by atoms with Gasteiger partial charge in [-0.2, -0.15) is 0 Å². The van der Waals surface area contributed by atoms with Crippen LogP contribution in [0.1, 0.15) is 34.1 Å². The van der Waals surface area contributed by atoms with Crippen LogP contribution in [-0.2, 0) is 0 Å². The lowest BCUT2D eigenvalue weighted by Crippen LogP contribution is -2.10. The van der Waals surface area contributed by atoms with Gasteiger partial charge in [0.2, 0.25) is 0 Å². The van der Waals surface area contributed by atoms with E-state index in [1.54, 1.807) is 0 Å². The van der Waals surface area contributed by atoms with Crippen LogP contribution in [0.2, 0.25) is 0 Å². The summed E-state index contributed by atoms with van der Waals surface area (Å²) in [5.74, 6) is 0.470. The third kappa shape index (κ3) is 1.97. The highest BCUT2D eigenvalue weighted by molar-refractivity contribution is 5.86. The van der Waals surface area contributed by atoms with E-state index < -0.39 is 0 Å². The second-order valence-electron chi connectivity index (χ2n) is 7.82. The third-order valence-electron chi connectivity index (χ3n) is 6.33. The summed E-state index contributed by atoms with van der Waals surface area (Å²) < 4.78 is 0. The van der Waals surface area contributed by atoms with Crippen LogP contribution >= 0.6 is 0 Å². The molecule has 0 saturated carbocycles. The second-order valence-corrected chi connectivity index (χ2v) is 7.82. The first-order valence-corrected chi connectivity index (χ1v) is 9.70. The minimum Gasteiger partial charge on any atom is -0.399 e. The van der Waals surface area contributed by atoms with Crippen molar-refractivity contribution in [2.75, 3.05) is 11.5 Å². The third-order valence-corrected chi connectivity index (χ3v) is 6.33. The van der Waals surface area contributed by atoms with Gasteiger partial charge in [0.05, 0.1) is 0 Å². The Kier molecular flexibility index (Phi) is 3.05. The maximum absolute atomic E-state index is 6.22. The molecule has 0 amide bonds. The molecule has 0 unspecified atom stereocenters. The number of hydrogen-bond acceptors (Lipinski definition) is 2. The highest BCUT2D eigenvalue weighted by Gasteiger charge is 2.40. The van der Waals surface area contributed by atoms with Crippen LogP contribution in [0.15, 0.2) is 84.9 Å². The van der Waals surface area contributed by atoms with E-state index in [1.807, 2.05) is 12.1 Å². The van der Waals surface area contributed by atoms with Crippen molar-refractivity contribution in [2.45, 2.75) is 11.8 Å². The lowest BCUT2D eigenvalue weighted by molar-refractivity contribution is 0.724. The summed E-state index contributed by atoms with van der Waals surface area (Å²) in [5, 5.41) is 0. The zero-order chi connectivity index (χ0) is 18.8. The van der Waals surface area contributed by atoms with Crippen molar-refractivity contribution in [1.82, 2.24) is 0 Å². The molecular formula is C26H20N2. The van der Waals surface area contributed by atoms with E-state index in [9.17, 15) is 0 Å². The van der Waals surface area contributed by atoms with Crippen LogP contribution in [0.3, 0.4) is 0 Å². The van der Waals surface area contributed by atoms with Gasteiger partial charge in [0.25, 0.3) is 0 Å². The SMILES string of the molecule is Nc1ccc2c(c1)C(C1c3ccccc3-c3ccccc31)c1cc(N)ccc1-2. The molecule has 6 rings (SSSR count). The van der Waals surface area contributed by atoms with Gasteiger partial charge in [0.15, 0.2) is 0 Å². The van der Waals surface area contributed by atoms with E-state index in [-0.39, 0.29) is 11.8 Å². The number of anilines is 2. The summed E-state index contributed by atoms with van der Waals surface area (Å²) in [5.41, 5.74) is 24.7. The van der Waals surface area contributed by atoms with Gasteiger partial charge in [0, 0.05) is 23.2 Å². The quantitative estimate of drug-likeness (QED) is 0.423. The normalized spacial score (nSPS) is 14.4. The molecule has 2 nitrogen and oxygen atoms in total. The molecule has 4 aromatic rings. The maximum atomic E-state index is 6.22. The lowest BCUT2D eigenvalue weighted by atomic mass is 9.78. The fraction of sp³-hybridized carbons (Fsp3) is 0.0769. The summed E-state index contributed by atoms with van der Waals surface area (Å²) in [4.78, 5) is 0. The Balaban J connectivity index is 1.68. The molecule has 0 bridgehead atoms. The zero-order valence-electron chi connectivity index (χ0n) is 15.4. The molecule has 4 aromatic carbocycles. The van der Waals surface area contributed by atoms with Gasteiger partial charge in [0.1, 0.15) is 0 Å². The number of fused-ring (bicyclic) bond motifs is 6. The maximum Gasteiger partial charge on any atom is 0.0317 e. The van der Waals surface area contributed by atoms with E-state index in [1.165, 1.54) is 44.5 Å². The van der Waals surface area contributed by atoms with Gasteiger partial charge in [-0.15, -0.1) is 0 Å². The van der Waals surface area contributed by atoms with Crippen LogP contribution in [0.5, 0.6) is 0 Å². The van der Waals surface area contributed by atoms with E-state index >= 15 is 0 Å². The zero-order valence-corrected chi connectivity index (χ0v) is 15.4. The monoisotopic (exact) mass is 360 g/mol. The predicted octanol–water partition coefficient (Wildman–Crippen LogP) is 5.78. The van der Waals surface area contributed by atoms with Crippen molar-refractivity contribution in [3.05, 3.63) is 107 Å². The van der Waals surface area contributed by atoms with Crippen LogP contribution < -0.4 is 11.5 Å².